The number of halogens is 6. The van der Waals surface area contributed by atoms with Gasteiger partial charge in [0.1, 0.15) is 17.0 Å². The molecule has 6 aliphatic heterocycles. The van der Waals surface area contributed by atoms with E-state index < -0.39 is 52.8 Å². The minimum absolute atomic E-state index is 0. The summed E-state index contributed by atoms with van der Waals surface area (Å²) in [6.45, 7) is 11.9. The molecule has 0 aliphatic carbocycles. The minimum Gasteiger partial charge on any atom is -0.514 e. The molecule has 0 amide bonds. The first-order valence-electron chi connectivity index (χ1n) is 40.0. The summed E-state index contributed by atoms with van der Waals surface area (Å²) < 4.78 is 106. The Kier molecular flexibility index (Phi) is 53.4. The van der Waals surface area contributed by atoms with E-state index in [2.05, 4.69) is 63.6 Å². The molecular weight excluding hydrogens is 2880 g/mol. The number of carboxylic acid groups (broad SMARTS) is 2. The van der Waals surface area contributed by atoms with Crippen LogP contribution in [0, 0.1) is 82.5 Å². The van der Waals surface area contributed by atoms with Crippen LogP contribution in [0.15, 0.2) is 356 Å². The van der Waals surface area contributed by atoms with Gasteiger partial charge in [-0.1, -0.05) is 61.0 Å². The number of furan rings is 1. The van der Waals surface area contributed by atoms with Gasteiger partial charge in [-0.25, -0.2) is 28.0 Å². The van der Waals surface area contributed by atoms with Gasteiger partial charge in [-0.15, -0.1) is 40.6 Å². The normalized spacial score (nSPS) is 13.5. The maximum Gasteiger partial charge on any atom is 3.00 e. The first kappa shape index (κ1) is 122. The number of aliphatic hydroxyl groups is 2. The van der Waals surface area contributed by atoms with E-state index in [1.54, 1.807) is 71.5 Å². The molecule has 0 fully saturated rings. The van der Waals surface area contributed by atoms with E-state index in [4.69, 9.17) is 29.6 Å². The molecular formula is C100H95F6Ir6N16O10S-10. The van der Waals surface area contributed by atoms with Crippen molar-refractivity contribution in [2.45, 2.75) is 48.2 Å². The number of benzene rings is 9. The average molecular weight is 2980 g/mol. The topological polar surface area (TPSA) is 254 Å². The van der Waals surface area contributed by atoms with Crippen LogP contribution in [0.5, 0.6) is 5.75 Å². The van der Waals surface area contributed by atoms with E-state index >= 15 is 0 Å². The molecule has 2 unspecified atom stereocenters. The molecule has 4 aromatic heterocycles. The first-order valence-corrected chi connectivity index (χ1v) is 41.4. The quantitative estimate of drug-likeness (QED) is 0.0583. The summed E-state index contributed by atoms with van der Waals surface area (Å²) in [5.41, 5.74) is 8.83. The van der Waals surface area contributed by atoms with Gasteiger partial charge in [0.15, 0.2) is 27.7 Å². The number of carboxylic acids is 2. The van der Waals surface area contributed by atoms with E-state index in [0.29, 0.717) is 10.6 Å². The van der Waals surface area contributed by atoms with Crippen LogP contribution in [0.25, 0.3) is 27.6 Å². The minimum atomic E-state index is -5.15. The van der Waals surface area contributed by atoms with Crippen molar-refractivity contribution in [3.8, 4) is 11.4 Å². The standard InChI is InChI=1S/C16H14N2O2S.C16H12N2O.4C10H10N2.C9H7N2.C7H7NO3.C6H5NO2.C5H6F6O2.CH4.6Ir/c1-17-11-12-18(13-17)14-7-9-16(10-8-14)21(19,20)15-5-3-2-4-6-15;1-17-9-10-18(11-17)14-7-4-6-13-12-5-2-3-8-15(12)19-16(13)14;4*1-11-7-8-12(9-11)10-5-3-2-4-6-10;1-2-5-9(6-3-1)11-8-4-7-10-11;1-11-5-2-3-8-6(4-5)7(9)10;8-6(9)5-3-1-2-4-7-5;6-4(7,8)2(12)1-3(13)5(9,10)11;;;;;;;/h2-7,9-13H,1H3;2-6,8-11H,1H3;4*2-5,7-9H,1H3;1-5,7-8H;2-4H,1H3,(H,9,10);1-4H,(H,8,9);2-3,12-13H,1H2;1H4;;;;;;/q6*-2;-1;;;;;;;;;;+3. The van der Waals surface area contributed by atoms with E-state index in [1.807, 2.05) is 379 Å². The number of aromatic nitrogens is 4. The molecule has 9 aromatic carbocycles. The van der Waals surface area contributed by atoms with Gasteiger partial charge in [0.05, 0.1) is 12.0 Å². The molecule has 26 nitrogen and oxygen atoms in total. The van der Waals surface area contributed by atoms with Crippen molar-refractivity contribution in [1.82, 2.24) is 49.1 Å². The smallest absolute Gasteiger partial charge is 0.514 e. The number of para-hydroxylation sites is 6. The van der Waals surface area contributed by atoms with E-state index in [1.165, 1.54) is 37.7 Å². The molecule has 4 N–H and O–H groups in total. The third kappa shape index (κ3) is 38.9. The van der Waals surface area contributed by atoms with Gasteiger partial charge in [0.25, 0.3) is 0 Å². The van der Waals surface area contributed by atoms with Crippen LogP contribution < -0.4 is 34.1 Å². The number of anilines is 6. The fourth-order valence-electron chi connectivity index (χ4n) is 11.6. The SMILES string of the molecule is C.CN1C=CN(c2[c-]cc(S(=O)(=O)c3ccccc3)cc2)[CH-]1.CN1C=CN(c2[c-]ccc3c2oc2ccccc23)[CH-]1.CN1C=CN(c2[c-]cccc2)[CH-]1.CN1C=CN(c2[c-]cccc2)[CH-]1.CN1C=CN(c2[c-]cccc2)[CH-]1.CN1C=CN(c2[c-]cccc2)[CH-]1.COc1ccnc(C(=O)O)c1.O=C(O)c1ccccn1.OC(CC(O)C(F)(F)F)C(F)(F)F.[Ir+3].[Ir].[Ir].[Ir].[Ir].[Ir].[c-]1ccccc1-n1cccn1. The number of alkyl halides is 6. The zero-order chi connectivity index (χ0) is 94.6. The van der Waals surface area contributed by atoms with E-state index in [9.17, 15) is 44.3 Å². The summed E-state index contributed by atoms with van der Waals surface area (Å²) in [4.78, 5) is 52.1. The second kappa shape index (κ2) is 61.1. The average Bonchev–Trinajstić information content (AvgIpc) is 1.63. The zero-order valence-corrected chi connectivity index (χ0v) is 89.4. The molecule has 39 heteroatoms. The molecule has 6 aliphatic rings. The molecule has 2 atom stereocenters. The summed E-state index contributed by atoms with van der Waals surface area (Å²) in [5.74, 6) is -1.54. The number of rotatable bonds is 14. The number of hydrogen-bond acceptors (Lipinski definition) is 23. The number of aliphatic hydroxyl groups excluding tert-OH is 2. The number of carbonyl (C=O) groups is 2. The van der Waals surface area contributed by atoms with Crippen molar-refractivity contribution in [2.75, 3.05) is 78.8 Å². The Bertz CT molecular complexity index is 5760. The maximum absolute atomic E-state index is 12.5. The van der Waals surface area contributed by atoms with Gasteiger partial charge in [0, 0.05) is 149 Å². The first-order chi connectivity index (χ1) is 63.4. The van der Waals surface area contributed by atoms with Gasteiger partial charge < -0.3 is 88.4 Å². The van der Waals surface area contributed by atoms with Gasteiger partial charge in [-0.3, -0.25) is 4.68 Å². The number of nitrogens with zero attached hydrogens (tertiary/aromatic N) is 16. The van der Waals surface area contributed by atoms with Gasteiger partial charge in [0.2, 0.25) is 0 Å². The number of pyridine rings is 2. The zero-order valence-electron chi connectivity index (χ0n) is 74.2. The third-order valence-corrected chi connectivity index (χ3v) is 20.0. The molecule has 10 heterocycles. The molecule has 13 aromatic rings. The van der Waals surface area contributed by atoms with Crippen LogP contribution in [0.4, 0.5) is 60.5 Å². The van der Waals surface area contributed by atoms with Crippen molar-refractivity contribution in [3.05, 3.63) is 436 Å². The van der Waals surface area contributed by atoms with Gasteiger partial charge in [-0.2, -0.15) is 253 Å². The number of aromatic carboxylic acids is 2. The Morgan fingerprint density at radius 2 is 0.791 bits per heavy atom. The van der Waals surface area contributed by atoms with Crippen molar-refractivity contribution >= 4 is 77.8 Å². The predicted molar refractivity (Wildman–Crippen MR) is 500 cm³/mol. The molecule has 0 spiro atoms. The Balaban J connectivity index is 0.000000399. The van der Waals surface area contributed by atoms with Crippen molar-refractivity contribution in [3.63, 3.8) is 0 Å². The Hall–Kier alpha value is -11.6. The molecule has 0 saturated carbocycles. The van der Waals surface area contributed by atoms with Crippen LogP contribution in [-0.2, 0) is 130 Å². The van der Waals surface area contributed by atoms with Crippen molar-refractivity contribution < 1.29 is 195 Å². The summed E-state index contributed by atoms with van der Waals surface area (Å²) in [6, 6.07) is 96.3. The Morgan fingerprint density at radius 3 is 1.13 bits per heavy atom. The molecule has 19 rings (SSSR count). The van der Waals surface area contributed by atoms with Crippen LogP contribution >= 0.6 is 0 Å². The van der Waals surface area contributed by atoms with E-state index in [-0.39, 0.29) is 144 Å². The Labute approximate surface area is 887 Å². The fraction of sp³-hybridized carbons (Fsp3) is 0.130. The maximum atomic E-state index is 12.5. The number of ether oxygens (including phenoxy) is 1. The monoisotopic (exact) mass is 2980 g/mol. The summed E-state index contributed by atoms with van der Waals surface area (Å²) in [7, 11) is 9.91. The Morgan fingerprint density at radius 1 is 0.410 bits per heavy atom. The van der Waals surface area contributed by atoms with Crippen molar-refractivity contribution in [1.29, 1.82) is 0 Å². The number of sulfone groups is 1. The van der Waals surface area contributed by atoms with Crippen LogP contribution in [0.3, 0.4) is 0 Å². The number of methoxy groups -OCH3 is 1. The molecule has 0 saturated heterocycles. The van der Waals surface area contributed by atoms with Crippen LogP contribution in [0.1, 0.15) is 34.8 Å². The van der Waals surface area contributed by atoms with Gasteiger partial charge >= 0.3 is 44.4 Å². The molecule has 139 heavy (non-hydrogen) atoms. The molecule has 5 radical (unpaired) electrons. The summed E-state index contributed by atoms with van der Waals surface area (Å²) in [5, 5.41) is 39.4. The third-order valence-electron chi connectivity index (χ3n) is 18.2. The van der Waals surface area contributed by atoms with Crippen LogP contribution in [0.2, 0.25) is 0 Å². The van der Waals surface area contributed by atoms with Crippen LogP contribution in [-0.4, -0.2) is 164 Å². The summed E-state index contributed by atoms with van der Waals surface area (Å²) >= 11 is 0. The van der Waals surface area contributed by atoms with E-state index in [0.717, 1.165) is 61.8 Å². The second-order valence-corrected chi connectivity index (χ2v) is 30.2. The number of fused-ring (bicyclic) bond motifs is 3. The molecule has 747 valence electrons. The predicted octanol–water partition coefficient (Wildman–Crippen LogP) is 18.8. The number of hydrogen-bond donors (Lipinski definition) is 4. The van der Waals surface area contributed by atoms with Crippen molar-refractivity contribution in [2.24, 2.45) is 0 Å². The second-order valence-electron chi connectivity index (χ2n) is 28.3. The summed E-state index contributed by atoms with van der Waals surface area (Å²) in [6.07, 6.45) is 11.9. The largest absolute Gasteiger partial charge is 3.00 e. The van der Waals surface area contributed by atoms with Gasteiger partial charge in [-0.05, 0) is 170 Å². The fourth-order valence-corrected chi connectivity index (χ4v) is 12.9. The molecule has 0 bridgehead atoms.